The Morgan fingerprint density at radius 1 is 1.38 bits per heavy atom. The molecule has 0 fully saturated rings. The first-order chi connectivity index (χ1) is 14.1. The summed E-state index contributed by atoms with van der Waals surface area (Å²) in [6.45, 7) is 4.52. The zero-order chi connectivity index (χ0) is 20.6. The van der Waals surface area contributed by atoms with Crippen LogP contribution >= 0.6 is 39.0 Å². The topological polar surface area (TPSA) is 92.8 Å². The average Bonchev–Trinajstić information content (AvgIpc) is 3.33. The molecule has 0 bridgehead atoms. The fraction of sp³-hybridized carbons (Fsp3) is 0.158. The van der Waals surface area contributed by atoms with E-state index >= 15 is 0 Å². The Labute approximate surface area is 184 Å². The van der Waals surface area contributed by atoms with Gasteiger partial charge in [0.15, 0.2) is 11.0 Å². The van der Waals surface area contributed by atoms with Crippen LogP contribution in [0.5, 0.6) is 5.75 Å². The zero-order valence-corrected chi connectivity index (χ0v) is 18.4. The van der Waals surface area contributed by atoms with Crippen LogP contribution in [-0.4, -0.2) is 26.4 Å². The van der Waals surface area contributed by atoms with Crippen LogP contribution in [0.25, 0.3) is 0 Å². The molecule has 148 valence electrons. The van der Waals surface area contributed by atoms with Gasteiger partial charge in [0.1, 0.15) is 23.4 Å². The van der Waals surface area contributed by atoms with Crippen LogP contribution < -0.4 is 10.1 Å². The van der Waals surface area contributed by atoms with Gasteiger partial charge in [-0.1, -0.05) is 33.8 Å². The van der Waals surface area contributed by atoms with Gasteiger partial charge >= 0.3 is 0 Å². The molecule has 0 radical (unpaired) electrons. The molecule has 0 aliphatic heterocycles. The second-order valence-corrected chi connectivity index (χ2v) is 8.43. The van der Waals surface area contributed by atoms with Crippen molar-refractivity contribution in [3.05, 3.63) is 64.2 Å². The number of allylic oxidation sites excluding steroid dienone is 1. The number of benzene rings is 1. The molecule has 0 saturated carbocycles. The van der Waals surface area contributed by atoms with Gasteiger partial charge in [0.05, 0.1) is 11.3 Å². The van der Waals surface area contributed by atoms with Gasteiger partial charge in [0.25, 0.3) is 0 Å². The van der Waals surface area contributed by atoms with Crippen LogP contribution in [0.1, 0.15) is 11.4 Å². The van der Waals surface area contributed by atoms with Gasteiger partial charge in [-0.3, -0.25) is 9.36 Å². The molecule has 0 unspecified atom stereocenters. The molecule has 0 spiro atoms. The summed E-state index contributed by atoms with van der Waals surface area (Å²) in [6.07, 6.45) is 1.74. The number of hydrogen-bond donors (Lipinski definition) is 1. The van der Waals surface area contributed by atoms with E-state index in [2.05, 4.69) is 38.0 Å². The largest absolute Gasteiger partial charge is 0.486 e. The normalized spacial score (nSPS) is 10.3. The maximum Gasteiger partial charge on any atom is 0.235 e. The van der Waals surface area contributed by atoms with E-state index in [1.807, 2.05) is 34.9 Å². The molecule has 1 N–H and O–H groups in total. The number of nitriles is 1. The third kappa shape index (κ3) is 5.69. The summed E-state index contributed by atoms with van der Waals surface area (Å²) < 4.78 is 8.60. The van der Waals surface area contributed by atoms with Crippen LogP contribution in [0.2, 0.25) is 0 Å². The summed E-state index contributed by atoms with van der Waals surface area (Å²) in [6, 6.07) is 11.2. The van der Waals surface area contributed by atoms with E-state index in [1.54, 1.807) is 17.5 Å². The van der Waals surface area contributed by atoms with Crippen molar-refractivity contribution in [3.63, 3.8) is 0 Å². The molecule has 2 heterocycles. The van der Waals surface area contributed by atoms with Gasteiger partial charge in [-0.2, -0.15) is 5.26 Å². The third-order valence-corrected chi connectivity index (χ3v) is 5.98. The second-order valence-electron chi connectivity index (χ2n) is 5.65. The van der Waals surface area contributed by atoms with Crippen LogP contribution in [0, 0.1) is 11.3 Å². The Morgan fingerprint density at radius 2 is 2.17 bits per heavy atom. The van der Waals surface area contributed by atoms with E-state index in [1.165, 1.54) is 23.1 Å². The van der Waals surface area contributed by atoms with Crippen LogP contribution in [0.15, 0.2) is 58.0 Å². The summed E-state index contributed by atoms with van der Waals surface area (Å²) >= 11 is 5.97. The summed E-state index contributed by atoms with van der Waals surface area (Å²) in [7, 11) is 0. The van der Waals surface area contributed by atoms with Crippen molar-refractivity contribution >= 4 is 49.9 Å². The Kier molecular flexibility index (Phi) is 7.46. The predicted molar refractivity (Wildman–Crippen MR) is 117 cm³/mol. The molecule has 10 heteroatoms. The standard InChI is InChI=1S/C19H16BrN5O2S2/c1-2-8-25-16(11-27-15-5-3-14(20)4-6-15)23-24-19(25)29-12-17(26)22-18-13(10-21)7-9-28-18/h2-7,9H,1,8,11-12H2,(H,22,26). The summed E-state index contributed by atoms with van der Waals surface area (Å²) in [5, 5.41) is 23.1. The molecule has 0 saturated heterocycles. The van der Waals surface area contributed by atoms with Gasteiger partial charge < -0.3 is 10.1 Å². The quantitative estimate of drug-likeness (QED) is 0.352. The Bertz CT molecular complexity index is 1040. The fourth-order valence-corrected chi connectivity index (χ4v) is 4.10. The smallest absolute Gasteiger partial charge is 0.235 e. The van der Waals surface area contributed by atoms with Gasteiger partial charge in [-0.25, -0.2) is 0 Å². The summed E-state index contributed by atoms with van der Waals surface area (Å²) in [5.74, 6) is 1.29. The van der Waals surface area contributed by atoms with E-state index in [0.717, 1.165) is 10.2 Å². The highest BCUT2D eigenvalue weighted by molar-refractivity contribution is 9.10. The van der Waals surface area contributed by atoms with Crippen molar-refractivity contribution in [1.29, 1.82) is 5.26 Å². The van der Waals surface area contributed by atoms with Crippen LogP contribution in [0.4, 0.5) is 5.00 Å². The first-order valence-electron chi connectivity index (χ1n) is 8.42. The minimum atomic E-state index is -0.213. The SMILES string of the molecule is C=CCn1c(COc2ccc(Br)cc2)nnc1SCC(=O)Nc1sccc1C#N. The summed E-state index contributed by atoms with van der Waals surface area (Å²) in [4.78, 5) is 12.2. The van der Waals surface area contributed by atoms with Gasteiger partial charge in [-0.05, 0) is 35.7 Å². The first-order valence-corrected chi connectivity index (χ1v) is 11.1. The zero-order valence-electron chi connectivity index (χ0n) is 15.2. The molecule has 2 aromatic heterocycles. The molecule has 1 aromatic carbocycles. The lowest BCUT2D eigenvalue weighted by atomic mass is 10.3. The number of carbonyl (C=O) groups is 1. The van der Waals surface area contributed by atoms with Crippen molar-refractivity contribution in [2.75, 3.05) is 11.1 Å². The lowest BCUT2D eigenvalue weighted by molar-refractivity contribution is -0.113. The molecular formula is C19H16BrN5O2S2. The van der Waals surface area contributed by atoms with Crippen molar-refractivity contribution in [2.45, 2.75) is 18.3 Å². The van der Waals surface area contributed by atoms with E-state index in [4.69, 9.17) is 10.00 Å². The maximum absolute atomic E-state index is 12.2. The Balaban J connectivity index is 1.61. The van der Waals surface area contributed by atoms with Crippen molar-refractivity contribution in [3.8, 4) is 11.8 Å². The lowest BCUT2D eigenvalue weighted by Crippen LogP contribution is -2.14. The maximum atomic E-state index is 12.2. The van der Waals surface area contributed by atoms with Crippen LogP contribution in [-0.2, 0) is 17.9 Å². The predicted octanol–water partition coefficient (Wildman–Crippen LogP) is 4.47. The molecule has 0 aliphatic carbocycles. The highest BCUT2D eigenvalue weighted by Gasteiger charge is 2.15. The lowest BCUT2D eigenvalue weighted by Gasteiger charge is -2.09. The highest BCUT2D eigenvalue weighted by atomic mass is 79.9. The van der Waals surface area contributed by atoms with E-state index in [9.17, 15) is 4.79 Å². The first kappa shape index (κ1) is 21.1. The monoisotopic (exact) mass is 489 g/mol. The average molecular weight is 490 g/mol. The number of carbonyl (C=O) groups excluding carboxylic acids is 1. The molecule has 29 heavy (non-hydrogen) atoms. The number of amides is 1. The number of anilines is 1. The van der Waals surface area contributed by atoms with Crippen molar-refractivity contribution in [1.82, 2.24) is 14.8 Å². The van der Waals surface area contributed by atoms with E-state index < -0.39 is 0 Å². The van der Waals surface area contributed by atoms with E-state index in [-0.39, 0.29) is 18.3 Å². The highest BCUT2D eigenvalue weighted by Crippen LogP contribution is 2.24. The summed E-state index contributed by atoms with van der Waals surface area (Å²) in [5.41, 5.74) is 0.454. The minimum Gasteiger partial charge on any atom is -0.486 e. The third-order valence-electron chi connectivity index (χ3n) is 3.66. The number of nitrogens with zero attached hydrogens (tertiary/aromatic N) is 4. The Hall–Kier alpha value is -2.61. The minimum absolute atomic E-state index is 0.144. The molecule has 3 aromatic rings. The number of rotatable bonds is 9. The molecule has 0 aliphatic rings. The second kappa shape index (κ2) is 10.2. The number of halogens is 1. The number of hydrogen-bond acceptors (Lipinski definition) is 7. The fourth-order valence-electron chi connectivity index (χ4n) is 2.31. The number of aromatic nitrogens is 3. The van der Waals surface area contributed by atoms with Crippen molar-refractivity contribution in [2.24, 2.45) is 0 Å². The van der Waals surface area contributed by atoms with Gasteiger partial charge in [0.2, 0.25) is 5.91 Å². The molecular weight excluding hydrogens is 474 g/mol. The van der Waals surface area contributed by atoms with Gasteiger partial charge in [-0.15, -0.1) is 28.1 Å². The van der Waals surface area contributed by atoms with Crippen LogP contribution in [0.3, 0.4) is 0 Å². The number of ether oxygens (including phenoxy) is 1. The number of nitrogens with one attached hydrogen (secondary N) is 1. The van der Waals surface area contributed by atoms with Gasteiger partial charge in [0, 0.05) is 11.0 Å². The molecule has 0 atom stereocenters. The van der Waals surface area contributed by atoms with E-state index in [0.29, 0.717) is 28.1 Å². The molecule has 7 nitrogen and oxygen atoms in total. The molecule has 3 rings (SSSR count). The Morgan fingerprint density at radius 3 is 2.90 bits per heavy atom. The number of thiophene rings is 1. The van der Waals surface area contributed by atoms with Crippen molar-refractivity contribution < 1.29 is 9.53 Å². The number of thioether (sulfide) groups is 1. The molecule has 1 amide bonds.